The molecule has 1 aliphatic rings. The van der Waals surface area contributed by atoms with Crippen LogP contribution < -0.4 is 0 Å². The third kappa shape index (κ3) is 3.51. The molecule has 0 aliphatic carbocycles. The third-order valence-electron chi connectivity index (χ3n) is 3.85. The predicted molar refractivity (Wildman–Crippen MR) is 88.2 cm³/mol. The molecule has 1 unspecified atom stereocenters. The molecule has 0 spiro atoms. The standard InChI is InChI=1S/C18H19NO2S/c20-17-10-11-18(21)19(17)12-15-8-4-5-9-16(15)22-13-14-6-2-1-3-7-14/h1-9,17,20H,10-13H2. The Balaban J connectivity index is 1.71. The monoisotopic (exact) mass is 313 g/mol. The molecule has 1 heterocycles. The lowest BCUT2D eigenvalue weighted by molar-refractivity contribution is -0.134. The molecule has 1 atom stereocenters. The van der Waals surface area contributed by atoms with Crippen LogP contribution in [0.1, 0.15) is 24.0 Å². The molecule has 1 saturated heterocycles. The summed E-state index contributed by atoms with van der Waals surface area (Å²) in [5, 5.41) is 9.92. The quantitative estimate of drug-likeness (QED) is 0.860. The van der Waals surface area contributed by atoms with Gasteiger partial charge in [-0.25, -0.2) is 0 Å². The number of carbonyl (C=O) groups is 1. The number of hydrogen-bond donors (Lipinski definition) is 1. The average Bonchev–Trinajstić information content (AvgIpc) is 2.87. The van der Waals surface area contributed by atoms with E-state index >= 15 is 0 Å². The summed E-state index contributed by atoms with van der Waals surface area (Å²) in [6.07, 6.45) is 0.346. The van der Waals surface area contributed by atoms with E-state index in [1.807, 2.05) is 36.4 Å². The van der Waals surface area contributed by atoms with Crippen molar-refractivity contribution in [2.45, 2.75) is 36.3 Å². The number of hydrogen-bond acceptors (Lipinski definition) is 3. The number of likely N-dealkylation sites (tertiary alicyclic amines) is 1. The zero-order valence-electron chi connectivity index (χ0n) is 12.3. The van der Waals surface area contributed by atoms with Crippen molar-refractivity contribution in [3.63, 3.8) is 0 Å². The fourth-order valence-electron chi connectivity index (χ4n) is 2.61. The topological polar surface area (TPSA) is 40.5 Å². The number of benzene rings is 2. The highest BCUT2D eigenvalue weighted by atomic mass is 32.2. The first kappa shape index (κ1) is 15.1. The van der Waals surface area contributed by atoms with Crippen LogP contribution in [0.15, 0.2) is 59.5 Å². The van der Waals surface area contributed by atoms with E-state index in [-0.39, 0.29) is 5.91 Å². The summed E-state index contributed by atoms with van der Waals surface area (Å²) in [7, 11) is 0. The maximum atomic E-state index is 11.8. The summed E-state index contributed by atoms with van der Waals surface area (Å²) in [5.41, 5.74) is 2.37. The van der Waals surface area contributed by atoms with E-state index in [1.165, 1.54) is 10.5 Å². The Morgan fingerprint density at radius 3 is 2.55 bits per heavy atom. The van der Waals surface area contributed by atoms with Gasteiger partial charge in [0.15, 0.2) is 0 Å². The minimum absolute atomic E-state index is 0.0374. The van der Waals surface area contributed by atoms with Crippen molar-refractivity contribution < 1.29 is 9.90 Å². The van der Waals surface area contributed by atoms with Crippen LogP contribution in [0.3, 0.4) is 0 Å². The van der Waals surface area contributed by atoms with Crippen molar-refractivity contribution in [3.05, 3.63) is 65.7 Å². The Hall–Kier alpha value is -1.78. The molecule has 0 aromatic heterocycles. The number of aliphatic hydroxyl groups excluding tert-OH is 1. The van der Waals surface area contributed by atoms with Gasteiger partial charge in [-0.3, -0.25) is 4.79 Å². The number of rotatable bonds is 5. The predicted octanol–water partition coefficient (Wildman–Crippen LogP) is 3.42. The molecule has 0 radical (unpaired) electrons. The molecule has 0 bridgehead atoms. The molecule has 1 amide bonds. The summed E-state index contributed by atoms with van der Waals surface area (Å²) in [6, 6.07) is 18.4. The second kappa shape index (κ2) is 6.99. The van der Waals surface area contributed by atoms with Crippen LogP contribution in [-0.2, 0) is 17.1 Å². The number of amides is 1. The van der Waals surface area contributed by atoms with Crippen LogP contribution in [0.2, 0.25) is 0 Å². The lowest BCUT2D eigenvalue weighted by Gasteiger charge is -2.22. The van der Waals surface area contributed by atoms with E-state index in [0.29, 0.717) is 19.4 Å². The van der Waals surface area contributed by atoms with Crippen LogP contribution >= 0.6 is 11.8 Å². The van der Waals surface area contributed by atoms with Gasteiger partial charge < -0.3 is 10.0 Å². The van der Waals surface area contributed by atoms with Gasteiger partial charge in [0.05, 0.1) is 0 Å². The lowest BCUT2D eigenvalue weighted by atomic mass is 10.2. The number of carbonyl (C=O) groups excluding carboxylic acids is 1. The smallest absolute Gasteiger partial charge is 0.225 e. The molecule has 0 saturated carbocycles. The molecule has 2 aromatic rings. The highest BCUT2D eigenvalue weighted by Crippen LogP contribution is 2.29. The maximum Gasteiger partial charge on any atom is 0.225 e. The Labute approximate surface area is 135 Å². The fraction of sp³-hybridized carbons (Fsp3) is 0.278. The van der Waals surface area contributed by atoms with Crippen LogP contribution in [-0.4, -0.2) is 22.1 Å². The van der Waals surface area contributed by atoms with Gasteiger partial charge in [-0.2, -0.15) is 0 Å². The van der Waals surface area contributed by atoms with E-state index in [2.05, 4.69) is 18.2 Å². The molecule has 1 fully saturated rings. The van der Waals surface area contributed by atoms with Gasteiger partial charge >= 0.3 is 0 Å². The summed E-state index contributed by atoms with van der Waals surface area (Å²) >= 11 is 1.77. The van der Waals surface area contributed by atoms with Crippen molar-refractivity contribution >= 4 is 17.7 Å². The summed E-state index contributed by atoms with van der Waals surface area (Å²) in [5.74, 6) is 0.935. The summed E-state index contributed by atoms with van der Waals surface area (Å²) < 4.78 is 0. The van der Waals surface area contributed by atoms with Crippen molar-refractivity contribution in [2.24, 2.45) is 0 Å². The van der Waals surface area contributed by atoms with Crippen molar-refractivity contribution in [1.29, 1.82) is 0 Å². The van der Waals surface area contributed by atoms with E-state index in [9.17, 15) is 9.90 Å². The first-order valence-corrected chi connectivity index (χ1v) is 8.45. The van der Waals surface area contributed by atoms with E-state index in [1.54, 1.807) is 16.7 Å². The minimum Gasteiger partial charge on any atom is -0.373 e. The van der Waals surface area contributed by atoms with E-state index in [0.717, 1.165) is 11.3 Å². The summed E-state index contributed by atoms with van der Waals surface area (Å²) in [4.78, 5) is 14.6. The maximum absolute atomic E-state index is 11.8. The minimum atomic E-state index is -0.639. The molecule has 114 valence electrons. The van der Waals surface area contributed by atoms with E-state index in [4.69, 9.17) is 0 Å². The zero-order chi connectivity index (χ0) is 15.4. The number of aliphatic hydroxyl groups is 1. The molecule has 22 heavy (non-hydrogen) atoms. The normalized spacial score (nSPS) is 18.0. The Bertz CT molecular complexity index is 645. The first-order chi connectivity index (χ1) is 10.7. The van der Waals surface area contributed by atoms with Gasteiger partial charge in [0.25, 0.3) is 0 Å². The van der Waals surface area contributed by atoms with Gasteiger partial charge in [0.2, 0.25) is 5.91 Å². The third-order valence-corrected chi connectivity index (χ3v) is 5.03. The molecule has 3 nitrogen and oxygen atoms in total. The Morgan fingerprint density at radius 1 is 1.09 bits per heavy atom. The Kier molecular flexibility index (Phi) is 4.80. The van der Waals surface area contributed by atoms with Gasteiger partial charge in [-0.1, -0.05) is 48.5 Å². The highest BCUT2D eigenvalue weighted by Gasteiger charge is 2.29. The van der Waals surface area contributed by atoms with Crippen molar-refractivity contribution in [2.75, 3.05) is 0 Å². The Morgan fingerprint density at radius 2 is 1.82 bits per heavy atom. The van der Waals surface area contributed by atoms with Gasteiger partial charge in [-0.15, -0.1) is 11.8 Å². The first-order valence-electron chi connectivity index (χ1n) is 7.46. The largest absolute Gasteiger partial charge is 0.373 e. The average molecular weight is 313 g/mol. The van der Waals surface area contributed by atoms with Crippen LogP contribution in [0.25, 0.3) is 0 Å². The molecule has 1 N–H and O–H groups in total. The van der Waals surface area contributed by atoms with Gasteiger partial charge in [0.1, 0.15) is 6.23 Å². The lowest BCUT2D eigenvalue weighted by Crippen LogP contribution is -2.32. The molecular formula is C18H19NO2S. The highest BCUT2D eigenvalue weighted by molar-refractivity contribution is 7.98. The second-order valence-electron chi connectivity index (χ2n) is 5.42. The zero-order valence-corrected chi connectivity index (χ0v) is 13.1. The fourth-order valence-corrected chi connectivity index (χ4v) is 3.61. The molecule has 4 heteroatoms. The van der Waals surface area contributed by atoms with Crippen molar-refractivity contribution in [1.82, 2.24) is 4.90 Å². The van der Waals surface area contributed by atoms with Crippen LogP contribution in [0, 0.1) is 0 Å². The van der Waals surface area contributed by atoms with Gasteiger partial charge in [0, 0.05) is 30.0 Å². The second-order valence-corrected chi connectivity index (χ2v) is 6.44. The van der Waals surface area contributed by atoms with Crippen molar-refractivity contribution in [3.8, 4) is 0 Å². The van der Waals surface area contributed by atoms with E-state index < -0.39 is 6.23 Å². The SMILES string of the molecule is O=C1CCC(O)N1Cc1ccccc1SCc1ccccc1. The molecule has 1 aliphatic heterocycles. The number of nitrogens with zero attached hydrogens (tertiary/aromatic N) is 1. The van der Waals surface area contributed by atoms with Crippen LogP contribution in [0.5, 0.6) is 0 Å². The molecule has 2 aromatic carbocycles. The van der Waals surface area contributed by atoms with Crippen LogP contribution in [0.4, 0.5) is 0 Å². The molecule has 3 rings (SSSR count). The van der Waals surface area contributed by atoms with Gasteiger partial charge in [-0.05, 0) is 17.2 Å². The molecular weight excluding hydrogens is 294 g/mol. The number of thioether (sulfide) groups is 1. The summed E-state index contributed by atoms with van der Waals surface area (Å²) in [6.45, 7) is 0.484.